The van der Waals surface area contributed by atoms with Gasteiger partial charge in [0.05, 0.1) is 22.8 Å². The van der Waals surface area contributed by atoms with Crippen molar-refractivity contribution < 1.29 is 4.84 Å². The number of aliphatic imine (C=N–C) groups is 1. The second kappa shape index (κ2) is 7.99. The van der Waals surface area contributed by atoms with Crippen molar-refractivity contribution in [3.8, 4) is 0 Å². The average molecular weight is 455 g/mol. The molecule has 4 nitrogen and oxygen atoms in total. The Morgan fingerprint density at radius 2 is 2.00 bits per heavy atom. The normalized spacial score (nSPS) is 16.7. The molecule has 2 aromatic carbocycles. The minimum Gasteiger partial charge on any atom is -0.387 e. The minimum absolute atomic E-state index is 0.207. The highest BCUT2D eigenvalue weighted by Crippen LogP contribution is 2.42. The highest BCUT2D eigenvalue weighted by Gasteiger charge is 2.28. The van der Waals surface area contributed by atoms with Crippen LogP contribution in [0.1, 0.15) is 29.2 Å². The van der Waals surface area contributed by atoms with E-state index in [1.165, 1.54) is 0 Å². The summed E-state index contributed by atoms with van der Waals surface area (Å²) < 4.78 is 0.855. The van der Waals surface area contributed by atoms with Crippen molar-refractivity contribution in [2.24, 2.45) is 10.1 Å². The molecule has 1 aliphatic heterocycles. The van der Waals surface area contributed by atoms with Crippen LogP contribution in [-0.2, 0) is 4.84 Å². The van der Waals surface area contributed by atoms with E-state index in [4.69, 9.17) is 28.0 Å². The Kier molecular flexibility index (Phi) is 5.90. The van der Waals surface area contributed by atoms with Crippen LogP contribution in [0.5, 0.6) is 0 Å². The lowest BCUT2D eigenvalue weighted by Crippen LogP contribution is -2.07. The van der Waals surface area contributed by atoms with Crippen molar-refractivity contribution in [3.05, 3.63) is 61.5 Å². The van der Waals surface area contributed by atoms with Gasteiger partial charge in [-0.15, -0.1) is 0 Å². The van der Waals surface area contributed by atoms with Crippen molar-refractivity contribution in [2.75, 3.05) is 14.1 Å². The van der Waals surface area contributed by atoms with Gasteiger partial charge in [0.25, 0.3) is 0 Å². The van der Waals surface area contributed by atoms with Gasteiger partial charge >= 0.3 is 0 Å². The molecule has 0 radical (unpaired) electrons. The maximum absolute atomic E-state index is 6.47. The lowest BCUT2D eigenvalue weighted by Gasteiger charge is -2.16. The molecule has 26 heavy (non-hydrogen) atoms. The van der Waals surface area contributed by atoms with E-state index < -0.39 is 0 Å². The van der Waals surface area contributed by atoms with Gasteiger partial charge in [0, 0.05) is 41.1 Å². The first-order valence-corrected chi connectivity index (χ1v) is 9.60. The zero-order chi connectivity index (χ0) is 18.8. The Labute approximate surface area is 171 Å². The average Bonchev–Trinajstić information content (AvgIpc) is 3.07. The summed E-state index contributed by atoms with van der Waals surface area (Å²) in [5, 5.41) is 5.47. The van der Waals surface area contributed by atoms with Crippen LogP contribution >= 0.6 is 39.1 Å². The van der Waals surface area contributed by atoms with Gasteiger partial charge in [-0.05, 0) is 40.5 Å². The van der Waals surface area contributed by atoms with E-state index in [1.807, 2.05) is 56.3 Å². The van der Waals surface area contributed by atoms with E-state index in [1.54, 1.807) is 6.34 Å². The van der Waals surface area contributed by atoms with E-state index in [9.17, 15) is 0 Å². The summed E-state index contributed by atoms with van der Waals surface area (Å²) in [6.45, 7) is 2.02. The number of hydrogen-bond acceptors (Lipinski definition) is 3. The summed E-state index contributed by atoms with van der Waals surface area (Å²) in [5.74, 6) is 0. The Morgan fingerprint density at radius 3 is 2.69 bits per heavy atom. The van der Waals surface area contributed by atoms with Crippen molar-refractivity contribution in [3.63, 3.8) is 0 Å². The molecule has 0 saturated carbocycles. The maximum Gasteiger partial charge on any atom is 0.158 e. The molecule has 0 N–H and O–H groups in total. The van der Waals surface area contributed by atoms with Crippen LogP contribution in [-0.4, -0.2) is 31.0 Å². The first-order valence-electron chi connectivity index (χ1n) is 8.05. The Bertz CT molecular complexity index is 897. The minimum atomic E-state index is -0.207. The van der Waals surface area contributed by atoms with E-state index >= 15 is 0 Å². The monoisotopic (exact) mass is 453 g/mol. The van der Waals surface area contributed by atoms with Gasteiger partial charge in [0.15, 0.2) is 6.10 Å². The topological polar surface area (TPSA) is 37.2 Å². The molecular formula is C19H18BrCl2N3O. The van der Waals surface area contributed by atoms with Crippen LogP contribution in [0.3, 0.4) is 0 Å². The summed E-state index contributed by atoms with van der Waals surface area (Å²) in [7, 11) is 3.82. The van der Waals surface area contributed by atoms with E-state index in [2.05, 4.69) is 26.1 Å². The lowest BCUT2D eigenvalue weighted by atomic mass is 9.96. The molecule has 1 atom stereocenters. The third-order valence-electron chi connectivity index (χ3n) is 4.10. The summed E-state index contributed by atoms with van der Waals surface area (Å²) in [5.41, 5.74) is 4.44. The smallest absolute Gasteiger partial charge is 0.158 e. The predicted octanol–water partition coefficient (Wildman–Crippen LogP) is 6.15. The summed E-state index contributed by atoms with van der Waals surface area (Å²) in [4.78, 5) is 12.0. The molecular weight excluding hydrogens is 437 g/mol. The van der Waals surface area contributed by atoms with Crippen LogP contribution in [0.2, 0.25) is 10.0 Å². The predicted molar refractivity (Wildman–Crippen MR) is 112 cm³/mol. The largest absolute Gasteiger partial charge is 0.387 e. The maximum atomic E-state index is 6.47. The zero-order valence-corrected chi connectivity index (χ0v) is 17.7. The van der Waals surface area contributed by atoms with Crippen molar-refractivity contribution in [2.45, 2.75) is 19.4 Å². The number of hydrogen-bond donors (Lipinski definition) is 0. The van der Waals surface area contributed by atoms with Gasteiger partial charge in [0.1, 0.15) is 0 Å². The second-order valence-corrected chi connectivity index (χ2v) is 7.87. The third-order valence-corrected chi connectivity index (χ3v) is 5.68. The standard InChI is InChI=1S/C19H18BrCl2N3O/c1-11-13(8-15(22)19(18(11)20)23-10-25(2)3)17-9-16(24-26-17)12-6-4-5-7-14(12)21/h4-8,10,17H,9H2,1-3H3. The van der Waals surface area contributed by atoms with Crippen LogP contribution < -0.4 is 0 Å². The molecule has 0 aromatic heterocycles. The van der Waals surface area contributed by atoms with Crippen molar-refractivity contribution >= 4 is 56.9 Å². The molecule has 0 saturated heterocycles. The van der Waals surface area contributed by atoms with Crippen LogP contribution in [0.25, 0.3) is 0 Å². The molecule has 1 unspecified atom stereocenters. The fourth-order valence-corrected chi connectivity index (χ4v) is 3.91. The third kappa shape index (κ3) is 3.90. The van der Waals surface area contributed by atoms with Gasteiger partial charge in [0.2, 0.25) is 0 Å². The van der Waals surface area contributed by atoms with E-state index in [0.717, 1.165) is 26.9 Å². The quantitative estimate of drug-likeness (QED) is 0.410. The molecule has 0 amide bonds. The first-order chi connectivity index (χ1) is 12.4. The molecule has 3 rings (SSSR count). The SMILES string of the molecule is Cc1c(C2CC(c3ccccc3Cl)=NO2)cc(Cl)c(N=CN(C)C)c1Br. The van der Waals surface area contributed by atoms with Gasteiger partial charge in [-0.25, -0.2) is 4.99 Å². The van der Waals surface area contributed by atoms with Crippen LogP contribution in [0.15, 0.2) is 45.0 Å². The number of benzene rings is 2. The molecule has 2 aromatic rings. The Morgan fingerprint density at radius 1 is 1.27 bits per heavy atom. The number of oxime groups is 1. The summed E-state index contributed by atoms with van der Waals surface area (Å²) in [6, 6.07) is 9.53. The van der Waals surface area contributed by atoms with Crippen molar-refractivity contribution in [1.82, 2.24) is 4.90 Å². The molecule has 136 valence electrons. The molecule has 1 heterocycles. The van der Waals surface area contributed by atoms with E-state index in [-0.39, 0.29) is 6.10 Å². The fourth-order valence-electron chi connectivity index (χ4n) is 2.75. The van der Waals surface area contributed by atoms with Crippen LogP contribution in [0, 0.1) is 6.92 Å². The molecule has 0 aliphatic carbocycles. The lowest BCUT2D eigenvalue weighted by molar-refractivity contribution is 0.0852. The Balaban J connectivity index is 1.89. The van der Waals surface area contributed by atoms with Gasteiger partial charge in [-0.3, -0.25) is 0 Å². The highest BCUT2D eigenvalue weighted by molar-refractivity contribution is 9.10. The van der Waals surface area contributed by atoms with Gasteiger partial charge in [-0.2, -0.15) is 0 Å². The Hall–Kier alpha value is -1.56. The molecule has 0 fully saturated rings. The number of rotatable bonds is 4. The fraction of sp³-hybridized carbons (Fsp3) is 0.263. The van der Waals surface area contributed by atoms with Gasteiger partial charge < -0.3 is 9.74 Å². The number of halogens is 3. The first kappa shape index (κ1) is 19.2. The van der Waals surface area contributed by atoms with Gasteiger partial charge in [-0.1, -0.05) is 46.6 Å². The molecule has 1 aliphatic rings. The summed E-state index contributed by atoms with van der Waals surface area (Å²) in [6.07, 6.45) is 2.14. The van der Waals surface area contributed by atoms with E-state index in [0.29, 0.717) is 22.2 Å². The highest BCUT2D eigenvalue weighted by atomic mass is 79.9. The number of nitrogens with zero attached hydrogens (tertiary/aromatic N) is 3. The molecule has 7 heteroatoms. The van der Waals surface area contributed by atoms with Crippen molar-refractivity contribution in [1.29, 1.82) is 0 Å². The summed E-state index contributed by atoms with van der Waals surface area (Å²) >= 11 is 16.4. The molecule has 0 spiro atoms. The van der Waals surface area contributed by atoms with Crippen LogP contribution in [0.4, 0.5) is 5.69 Å². The second-order valence-electron chi connectivity index (χ2n) is 6.26. The molecule has 0 bridgehead atoms. The zero-order valence-electron chi connectivity index (χ0n) is 14.6.